The molecule has 0 radical (unpaired) electrons. The van der Waals surface area contributed by atoms with Crippen LogP contribution < -0.4 is 21.3 Å². The van der Waals surface area contributed by atoms with Gasteiger partial charge in [0.2, 0.25) is 23.6 Å². The molecule has 2 fully saturated rings. The number of hydrogen-bond donors (Lipinski definition) is 4. The zero-order valence-electron chi connectivity index (χ0n) is 25.8. The van der Waals surface area contributed by atoms with E-state index in [4.69, 9.17) is 27.1 Å². The van der Waals surface area contributed by atoms with Crippen LogP contribution in [0.15, 0.2) is 0 Å². The SMILES string of the molecule is COP1(=O)OCC(C)(C)[C@H](C(=O)NCCC(=O)NCCSSCCNC(=O)CCNC(=O)[C@@H]2OP(=O)(OC)OCC2(C)C)O1. The van der Waals surface area contributed by atoms with Gasteiger partial charge in [-0.25, -0.2) is 9.13 Å². The lowest BCUT2D eigenvalue weighted by molar-refractivity contribution is -0.141. The van der Waals surface area contributed by atoms with Crippen LogP contribution in [0.5, 0.6) is 0 Å². The molecular weight excluding hydrogens is 662 g/mol. The van der Waals surface area contributed by atoms with Crippen molar-refractivity contribution >= 4 is 60.9 Å². The van der Waals surface area contributed by atoms with E-state index in [0.29, 0.717) is 24.6 Å². The molecule has 2 unspecified atom stereocenters. The molecule has 4 N–H and O–H groups in total. The maximum absolute atomic E-state index is 12.5. The van der Waals surface area contributed by atoms with Gasteiger partial charge in [-0.2, -0.15) is 0 Å². The fourth-order valence-corrected chi connectivity index (χ4v) is 8.36. The molecule has 254 valence electrons. The molecule has 20 heteroatoms. The molecule has 0 aromatic heterocycles. The van der Waals surface area contributed by atoms with E-state index in [1.807, 2.05) is 0 Å². The maximum atomic E-state index is 12.5. The van der Waals surface area contributed by atoms with E-state index in [1.54, 1.807) is 27.7 Å². The molecule has 0 saturated carbocycles. The number of phosphoric ester groups is 2. The van der Waals surface area contributed by atoms with Crippen LogP contribution in [0, 0.1) is 10.8 Å². The van der Waals surface area contributed by atoms with Gasteiger partial charge in [0.1, 0.15) is 0 Å². The van der Waals surface area contributed by atoms with E-state index in [1.165, 1.54) is 35.8 Å². The monoisotopic (exact) mass is 706 g/mol. The van der Waals surface area contributed by atoms with E-state index in [2.05, 4.69) is 21.3 Å². The smallest absolute Gasteiger partial charge is 0.355 e. The van der Waals surface area contributed by atoms with Crippen LogP contribution in [0.4, 0.5) is 0 Å². The summed E-state index contributed by atoms with van der Waals surface area (Å²) in [6, 6.07) is 0. The highest BCUT2D eigenvalue weighted by atomic mass is 33.1. The Morgan fingerprint density at radius 2 is 1.05 bits per heavy atom. The number of rotatable bonds is 17. The van der Waals surface area contributed by atoms with Crippen LogP contribution in [-0.4, -0.2) is 101 Å². The Kier molecular flexibility index (Phi) is 15.6. The predicted molar refractivity (Wildman–Crippen MR) is 165 cm³/mol. The number of phosphoric acid groups is 2. The maximum Gasteiger partial charge on any atom is 0.475 e. The molecule has 2 heterocycles. The van der Waals surface area contributed by atoms with Gasteiger partial charge in [0.25, 0.3) is 0 Å². The summed E-state index contributed by atoms with van der Waals surface area (Å²) in [5, 5.41) is 10.8. The molecule has 0 spiro atoms. The molecule has 0 aromatic rings. The number of nitrogens with one attached hydrogen (secondary N) is 4. The average molecular weight is 707 g/mol. The summed E-state index contributed by atoms with van der Waals surface area (Å²) in [6.45, 7) is 8.03. The zero-order valence-corrected chi connectivity index (χ0v) is 29.3. The number of carbonyl (C=O) groups excluding carboxylic acids is 4. The second-order valence-corrected chi connectivity index (χ2v) is 17.3. The number of hydrogen-bond acceptors (Lipinski definition) is 14. The highest BCUT2D eigenvalue weighted by Gasteiger charge is 2.49. The second kappa shape index (κ2) is 17.6. The molecular formula is C24H44N4O12P2S2. The van der Waals surface area contributed by atoms with E-state index in [9.17, 15) is 28.3 Å². The van der Waals surface area contributed by atoms with Gasteiger partial charge in [-0.1, -0.05) is 49.3 Å². The quantitative estimate of drug-likeness (QED) is 0.0971. The van der Waals surface area contributed by atoms with Gasteiger partial charge < -0.3 is 21.3 Å². The Hall–Kier alpha value is -1.20. The number of carbonyl (C=O) groups is 4. The standard InChI is InChI=1S/C24H44N4O12P2S2/c1-23(2)15-37-41(33,35-5)39-19(23)21(31)27-9-7-17(29)25-11-13-43-44-14-12-26-18(30)8-10-28-22(32)20-24(3,4)16-38-42(34,36-6)40-20/h19-20H,7-16H2,1-6H3,(H,25,29)(H,26,30)(H,27,31)(H,28,32)/t19-,20-,41?,42?/m0/s1. The lowest BCUT2D eigenvalue weighted by Crippen LogP contribution is -2.50. The number of amides is 4. The lowest BCUT2D eigenvalue weighted by atomic mass is 9.87. The Bertz CT molecular complexity index is 1030. The van der Waals surface area contributed by atoms with Crippen molar-refractivity contribution in [3.8, 4) is 0 Å². The molecule has 16 nitrogen and oxygen atoms in total. The molecule has 0 bridgehead atoms. The van der Waals surface area contributed by atoms with Crippen LogP contribution in [0.25, 0.3) is 0 Å². The molecule has 2 aliphatic heterocycles. The summed E-state index contributed by atoms with van der Waals surface area (Å²) in [5.41, 5.74) is -1.46. The highest BCUT2D eigenvalue weighted by molar-refractivity contribution is 8.76. The Balaban J connectivity index is 1.49. The fourth-order valence-electron chi connectivity index (χ4n) is 3.79. The lowest BCUT2D eigenvalue weighted by Gasteiger charge is -2.39. The Labute approximate surface area is 265 Å². The van der Waals surface area contributed by atoms with Crippen molar-refractivity contribution in [1.82, 2.24) is 21.3 Å². The first-order valence-corrected chi connectivity index (χ1v) is 19.3. The first-order valence-electron chi connectivity index (χ1n) is 13.9. The third-order valence-corrected chi connectivity index (χ3v) is 11.5. The Morgan fingerprint density at radius 1 is 0.682 bits per heavy atom. The molecule has 4 amide bonds. The van der Waals surface area contributed by atoms with Crippen molar-refractivity contribution in [2.24, 2.45) is 10.8 Å². The summed E-state index contributed by atoms with van der Waals surface area (Å²) in [4.78, 5) is 49.3. The largest absolute Gasteiger partial charge is 0.475 e. The van der Waals surface area contributed by atoms with Crippen molar-refractivity contribution in [3.63, 3.8) is 0 Å². The molecule has 0 aliphatic carbocycles. The minimum atomic E-state index is -3.79. The van der Waals surface area contributed by atoms with Crippen molar-refractivity contribution in [3.05, 3.63) is 0 Å². The molecule has 2 rings (SSSR count). The van der Waals surface area contributed by atoms with Gasteiger partial charge in [0.05, 0.1) is 13.2 Å². The van der Waals surface area contributed by atoms with E-state index in [0.717, 1.165) is 0 Å². The minimum Gasteiger partial charge on any atom is -0.355 e. The van der Waals surface area contributed by atoms with Crippen LogP contribution in [0.2, 0.25) is 0 Å². The molecule has 2 aliphatic rings. The van der Waals surface area contributed by atoms with Crippen LogP contribution in [-0.2, 0) is 55.5 Å². The van der Waals surface area contributed by atoms with Crippen molar-refractivity contribution < 1.29 is 55.5 Å². The summed E-state index contributed by atoms with van der Waals surface area (Å²) in [5.74, 6) is -0.185. The van der Waals surface area contributed by atoms with Crippen molar-refractivity contribution in [2.75, 3.05) is 65.1 Å². The van der Waals surface area contributed by atoms with Gasteiger partial charge in [-0.15, -0.1) is 0 Å². The molecule has 4 atom stereocenters. The van der Waals surface area contributed by atoms with Gasteiger partial charge in [-0.05, 0) is 0 Å². The molecule has 44 heavy (non-hydrogen) atoms. The van der Waals surface area contributed by atoms with E-state index >= 15 is 0 Å². The summed E-state index contributed by atoms with van der Waals surface area (Å²) in [7, 11) is -2.15. The third-order valence-electron chi connectivity index (χ3n) is 6.40. The topological polar surface area (TPSA) is 206 Å². The zero-order chi connectivity index (χ0) is 33.0. The van der Waals surface area contributed by atoms with Gasteiger partial charge in [0.15, 0.2) is 12.2 Å². The highest BCUT2D eigenvalue weighted by Crippen LogP contribution is 2.57. The van der Waals surface area contributed by atoms with Crippen LogP contribution in [0.3, 0.4) is 0 Å². The molecule has 2 saturated heterocycles. The second-order valence-electron chi connectivity index (χ2n) is 11.2. The Morgan fingerprint density at radius 3 is 1.39 bits per heavy atom. The van der Waals surface area contributed by atoms with Crippen LogP contribution >= 0.6 is 37.2 Å². The third kappa shape index (κ3) is 12.5. The predicted octanol–water partition coefficient (Wildman–Crippen LogP) is 2.01. The average Bonchev–Trinajstić information content (AvgIpc) is 2.97. The van der Waals surface area contributed by atoms with Gasteiger partial charge in [-0.3, -0.25) is 46.3 Å². The van der Waals surface area contributed by atoms with Crippen LogP contribution in [0.1, 0.15) is 40.5 Å². The van der Waals surface area contributed by atoms with Gasteiger partial charge in [0, 0.05) is 75.6 Å². The normalized spacial score (nSPS) is 27.6. The van der Waals surface area contributed by atoms with Crippen molar-refractivity contribution in [2.45, 2.75) is 52.7 Å². The summed E-state index contributed by atoms with van der Waals surface area (Å²) >= 11 is 0. The molecule has 0 aromatic carbocycles. The minimum absolute atomic E-state index is 0.0206. The van der Waals surface area contributed by atoms with E-state index in [-0.39, 0.29) is 51.0 Å². The van der Waals surface area contributed by atoms with Crippen molar-refractivity contribution in [1.29, 1.82) is 0 Å². The first kappa shape index (κ1) is 39.0. The van der Waals surface area contributed by atoms with Gasteiger partial charge >= 0.3 is 15.6 Å². The van der Waals surface area contributed by atoms with E-state index < -0.39 is 50.5 Å². The first-order chi connectivity index (χ1) is 20.6. The summed E-state index contributed by atoms with van der Waals surface area (Å²) in [6.07, 6.45) is -1.97. The fraction of sp³-hybridized carbons (Fsp3) is 0.833. The summed E-state index contributed by atoms with van der Waals surface area (Å²) < 4.78 is 54.8.